The van der Waals surface area contributed by atoms with E-state index in [1.807, 2.05) is 37.3 Å². The molecule has 1 aliphatic heterocycles. The van der Waals surface area contributed by atoms with Crippen molar-refractivity contribution in [2.75, 3.05) is 19.8 Å². The van der Waals surface area contributed by atoms with Gasteiger partial charge in [-0.25, -0.2) is 8.42 Å². The Hall–Kier alpha value is -1.70. The molecule has 1 aromatic heterocycles. The van der Waals surface area contributed by atoms with E-state index in [1.165, 1.54) is 0 Å². The van der Waals surface area contributed by atoms with Crippen molar-refractivity contribution in [1.29, 1.82) is 0 Å². The van der Waals surface area contributed by atoms with Crippen LogP contribution in [0.5, 0.6) is 0 Å². The molecule has 0 amide bonds. The molecule has 24 heavy (non-hydrogen) atoms. The molecule has 0 spiro atoms. The van der Waals surface area contributed by atoms with E-state index in [2.05, 4.69) is 5.10 Å². The fourth-order valence-electron chi connectivity index (χ4n) is 3.10. The summed E-state index contributed by atoms with van der Waals surface area (Å²) in [4.78, 5) is 0.261. The Morgan fingerprint density at radius 2 is 2.00 bits per heavy atom. The van der Waals surface area contributed by atoms with Gasteiger partial charge in [0.2, 0.25) is 10.0 Å². The molecule has 0 radical (unpaired) electrons. The molecule has 1 saturated heterocycles. The third-order valence-electron chi connectivity index (χ3n) is 4.36. The average molecular weight is 349 g/mol. The first-order valence-electron chi connectivity index (χ1n) is 8.22. The van der Waals surface area contributed by atoms with Crippen molar-refractivity contribution in [3.05, 3.63) is 36.5 Å². The molecule has 0 bridgehead atoms. The van der Waals surface area contributed by atoms with Crippen molar-refractivity contribution in [2.45, 2.75) is 30.7 Å². The van der Waals surface area contributed by atoms with Gasteiger partial charge >= 0.3 is 0 Å². The van der Waals surface area contributed by atoms with Gasteiger partial charge in [0, 0.05) is 38.0 Å². The summed E-state index contributed by atoms with van der Waals surface area (Å²) < 4.78 is 35.3. The van der Waals surface area contributed by atoms with Gasteiger partial charge in [-0.3, -0.25) is 4.68 Å². The standard InChI is InChI=1S/C17H23N3O3S/c1-3-15-9-11-23-12-10-20(15)24(21,22)16-13-19(2)18-17(16)14-7-5-4-6-8-14/h4-8,13,15H,3,9-12H2,1-2H3. The van der Waals surface area contributed by atoms with Crippen LogP contribution in [-0.4, -0.2) is 48.3 Å². The minimum absolute atomic E-state index is 0.0404. The van der Waals surface area contributed by atoms with Gasteiger partial charge in [0.15, 0.2) is 0 Å². The van der Waals surface area contributed by atoms with Gasteiger partial charge in [0.25, 0.3) is 0 Å². The zero-order chi connectivity index (χ0) is 17.2. The SMILES string of the molecule is CCC1CCOCCN1S(=O)(=O)c1cn(C)nc1-c1ccccc1. The maximum atomic E-state index is 13.3. The van der Waals surface area contributed by atoms with E-state index in [0.717, 1.165) is 18.4 Å². The van der Waals surface area contributed by atoms with E-state index in [4.69, 9.17) is 4.74 Å². The Morgan fingerprint density at radius 1 is 1.25 bits per heavy atom. The van der Waals surface area contributed by atoms with Crippen molar-refractivity contribution in [3.63, 3.8) is 0 Å². The molecule has 6 nitrogen and oxygen atoms in total. The van der Waals surface area contributed by atoms with Crippen LogP contribution in [0.2, 0.25) is 0 Å². The smallest absolute Gasteiger partial charge is 0.247 e. The predicted octanol–water partition coefficient (Wildman–Crippen LogP) is 2.28. The van der Waals surface area contributed by atoms with Crippen molar-refractivity contribution in [3.8, 4) is 11.3 Å². The monoisotopic (exact) mass is 349 g/mol. The van der Waals surface area contributed by atoms with Crippen LogP contribution in [0.4, 0.5) is 0 Å². The molecular weight excluding hydrogens is 326 g/mol. The fraction of sp³-hybridized carbons (Fsp3) is 0.471. The van der Waals surface area contributed by atoms with Crippen LogP contribution in [0.15, 0.2) is 41.4 Å². The topological polar surface area (TPSA) is 64.4 Å². The summed E-state index contributed by atoms with van der Waals surface area (Å²) in [5, 5.41) is 4.40. The van der Waals surface area contributed by atoms with Crippen molar-refractivity contribution >= 4 is 10.0 Å². The lowest BCUT2D eigenvalue weighted by atomic mass is 10.2. The molecule has 1 aromatic carbocycles. The zero-order valence-corrected chi connectivity index (χ0v) is 14.9. The second-order valence-electron chi connectivity index (χ2n) is 5.96. The molecule has 1 unspecified atom stereocenters. The van der Waals surface area contributed by atoms with Crippen molar-refractivity contribution < 1.29 is 13.2 Å². The van der Waals surface area contributed by atoms with E-state index in [-0.39, 0.29) is 10.9 Å². The molecule has 0 aliphatic carbocycles. The van der Waals surface area contributed by atoms with Crippen molar-refractivity contribution in [2.24, 2.45) is 7.05 Å². The fourth-order valence-corrected chi connectivity index (χ4v) is 5.01. The summed E-state index contributed by atoms with van der Waals surface area (Å²) >= 11 is 0. The summed E-state index contributed by atoms with van der Waals surface area (Å²) in [6, 6.07) is 9.39. The average Bonchev–Trinajstić information content (AvgIpc) is 2.83. The largest absolute Gasteiger partial charge is 0.380 e. The lowest BCUT2D eigenvalue weighted by molar-refractivity contribution is 0.147. The van der Waals surface area contributed by atoms with Crippen LogP contribution in [0.3, 0.4) is 0 Å². The summed E-state index contributed by atoms with van der Waals surface area (Å²) in [6.07, 6.45) is 3.08. The molecule has 0 N–H and O–H groups in total. The Kier molecular flexibility index (Phi) is 5.03. The summed E-state index contributed by atoms with van der Waals surface area (Å²) in [5.41, 5.74) is 1.30. The number of hydrogen-bond acceptors (Lipinski definition) is 4. The number of ether oxygens (including phenoxy) is 1. The first kappa shape index (κ1) is 17.1. The maximum absolute atomic E-state index is 13.3. The van der Waals surface area contributed by atoms with Gasteiger partial charge in [0.05, 0.1) is 6.61 Å². The van der Waals surface area contributed by atoms with Crippen LogP contribution in [0, 0.1) is 0 Å². The van der Waals surface area contributed by atoms with Gasteiger partial charge < -0.3 is 4.74 Å². The molecule has 0 saturated carbocycles. The van der Waals surface area contributed by atoms with Crippen LogP contribution < -0.4 is 0 Å². The molecule has 3 rings (SSSR count). The predicted molar refractivity (Wildman–Crippen MR) is 92.1 cm³/mol. The van der Waals surface area contributed by atoms with E-state index in [0.29, 0.717) is 25.5 Å². The van der Waals surface area contributed by atoms with Crippen LogP contribution in [0.25, 0.3) is 11.3 Å². The number of aryl methyl sites for hydroxylation is 1. The van der Waals surface area contributed by atoms with Crippen LogP contribution in [0.1, 0.15) is 19.8 Å². The summed E-state index contributed by atoms with van der Waals surface area (Å²) in [6.45, 7) is 3.42. The summed E-state index contributed by atoms with van der Waals surface area (Å²) in [7, 11) is -1.89. The van der Waals surface area contributed by atoms with Crippen molar-refractivity contribution in [1.82, 2.24) is 14.1 Å². The van der Waals surface area contributed by atoms with Crippen LogP contribution in [-0.2, 0) is 21.8 Å². The molecule has 130 valence electrons. The Balaban J connectivity index is 2.07. The minimum Gasteiger partial charge on any atom is -0.380 e. The first-order valence-corrected chi connectivity index (χ1v) is 9.66. The second-order valence-corrected chi connectivity index (χ2v) is 7.82. The molecule has 1 fully saturated rings. The molecule has 7 heteroatoms. The highest BCUT2D eigenvalue weighted by atomic mass is 32.2. The van der Waals surface area contributed by atoms with E-state index < -0.39 is 10.0 Å². The molecule has 1 aliphatic rings. The number of rotatable bonds is 4. The van der Waals surface area contributed by atoms with E-state index in [1.54, 1.807) is 22.2 Å². The number of hydrogen-bond donors (Lipinski definition) is 0. The third-order valence-corrected chi connectivity index (χ3v) is 6.31. The van der Waals surface area contributed by atoms with Crippen LogP contribution >= 0.6 is 0 Å². The van der Waals surface area contributed by atoms with Gasteiger partial charge in [-0.05, 0) is 12.8 Å². The van der Waals surface area contributed by atoms with Gasteiger partial charge in [-0.1, -0.05) is 37.3 Å². The summed E-state index contributed by atoms with van der Waals surface area (Å²) in [5.74, 6) is 0. The number of sulfonamides is 1. The highest BCUT2D eigenvalue weighted by Gasteiger charge is 2.35. The first-order chi connectivity index (χ1) is 11.5. The van der Waals surface area contributed by atoms with Gasteiger partial charge in [0.1, 0.15) is 10.6 Å². The highest BCUT2D eigenvalue weighted by molar-refractivity contribution is 7.89. The molecular formula is C17H23N3O3S. The maximum Gasteiger partial charge on any atom is 0.247 e. The molecule has 2 heterocycles. The van der Waals surface area contributed by atoms with Gasteiger partial charge in [-0.15, -0.1) is 0 Å². The Morgan fingerprint density at radius 3 is 2.71 bits per heavy atom. The molecule has 2 aromatic rings. The zero-order valence-electron chi connectivity index (χ0n) is 14.1. The second kappa shape index (κ2) is 7.04. The van der Waals surface area contributed by atoms with E-state index in [9.17, 15) is 8.42 Å². The lowest BCUT2D eigenvalue weighted by Crippen LogP contribution is -2.40. The Bertz CT molecular complexity index is 787. The van der Waals surface area contributed by atoms with E-state index >= 15 is 0 Å². The third kappa shape index (κ3) is 3.24. The Labute approximate surface area is 143 Å². The van der Waals surface area contributed by atoms with Gasteiger partial charge in [-0.2, -0.15) is 9.40 Å². The normalized spacial score (nSPS) is 20.0. The molecule has 1 atom stereocenters. The number of nitrogens with zero attached hydrogens (tertiary/aromatic N) is 3. The number of aromatic nitrogens is 2. The minimum atomic E-state index is -3.63. The quantitative estimate of drug-likeness (QED) is 0.849. The number of benzene rings is 1. The lowest BCUT2D eigenvalue weighted by Gasteiger charge is -2.27. The highest BCUT2D eigenvalue weighted by Crippen LogP contribution is 2.30.